The molecule has 0 atom stereocenters. The molecule has 0 aliphatic rings. The van der Waals surface area contributed by atoms with Gasteiger partial charge in [-0.15, -0.1) is 11.3 Å². The largest absolute Gasteiger partial charge is 0.465 e. The fourth-order valence-corrected chi connectivity index (χ4v) is 2.49. The Morgan fingerprint density at radius 2 is 2.27 bits per heavy atom. The minimum absolute atomic E-state index is 0.326. The van der Waals surface area contributed by atoms with E-state index in [1.807, 2.05) is 19.9 Å². The third kappa shape index (κ3) is 3.37. The van der Waals surface area contributed by atoms with Crippen LogP contribution < -0.4 is 0 Å². The van der Waals surface area contributed by atoms with Gasteiger partial charge in [-0.05, 0) is 22.0 Å². The topological polar surface area (TPSA) is 26.3 Å². The van der Waals surface area contributed by atoms with E-state index in [2.05, 4.69) is 32.5 Å². The van der Waals surface area contributed by atoms with Crippen molar-refractivity contribution in [3.63, 3.8) is 0 Å². The van der Waals surface area contributed by atoms with E-state index in [0.29, 0.717) is 10.8 Å². The van der Waals surface area contributed by atoms with Crippen molar-refractivity contribution in [1.29, 1.82) is 0 Å². The zero-order chi connectivity index (χ0) is 11.4. The number of thiophene rings is 1. The number of hydrogen-bond acceptors (Lipinski definition) is 3. The fourth-order valence-electron chi connectivity index (χ4n) is 0.878. The normalized spacial score (nSPS) is 9.67. The van der Waals surface area contributed by atoms with Crippen LogP contribution >= 0.6 is 27.3 Å². The molecular formula is C11H11BrO2S. The second-order valence-corrected chi connectivity index (χ2v) is 5.11. The minimum atomic E-state index is -0.329. The Kier molecular flexibility index (Phi) is 4.37. The molecular weight excluding hydrogens is 276 g/mol. The maximum absolute atomic E-state index is 11.3. The van der Waals surface area contributed by atoms with Gasteiger partial charge in [-0.1, -0.05) is 25.7 Å². The van der Waals surface area contributed by atoms with Crippen LogP contribution in [0.5, 0.6) is 0 Å². The molecule has 0 aliphatic carbocycles. The van der Waals surface area contributed by atoms with Gasteiger partial charge in [0, 0.05) is 10.4 Å². The van der Waals surface area contributed by atoms with Crippen LogP contribution in [-0.2, 0) is 4.74 Å². The molecule has 0 amide bonds. The van der Waals surface area contributed by atoms with Crippen molar-refractivity contribution in [1.82, 2.24) is 0 Å². The van der Waals surface area contributed by atoms with Gasteiger partial charge in [-0.25, -0.2) is 4.79 Å². The summed E-state index contributed by atoms with van der Waals surface area (Å²) >= 11 is 4.65. The highest BCUT2D eigenvalue weighted by Crippen LogP contribution is 2.27. The number of esters is 1. The summed E-state index contributed by atoms with van der Waals surface area (Å²) in [6, 6.07) is 1.84. The quantitative estimate of drug-likeness (QED) is 0.585. The summed E-state index contributed by atoms with van der Waals surface area (Å²) in [4.78, 5) is 12.7. The van der Waals surface area contributed by atoms with Crippen molar-refractivity contribution >= 4 is 33.2 Å². The lowest BCUT2D eigenvalue weighted by Crippen LogP contribution is -1.97. The number of carbonyl (C=O) groups excluding carboxylic acids is 1. The molecule has 1 rings (SSSR count). The molecule has 0 spiro atoms. The molecule has 0 bridgehead atoms. The third-order valence-electron chi connectivity index (χ3n) is 1.54. The summed E-state index contributed by atoms with van der Waals surface area (Å²) in [5.74, 6) is 6.06. The van der Waals surface area contributed by atoms with Crippen molar-refractivity contribution in [3.05, 3.63) is 20.3 Å². The van der Waals surface area contributed by atoms with Crippen LogP contribution in [0, 0.1) is 17.8 Å². The van der Waals surface area contributed by atoms with Crippen LogP contribution in [0.3, 0.4) is 0 Å². The molecule has 4 heteroatoms. The number of ether oxygens (including phenoxy) is 1. The number of hydrogen-bond donors (Lipinski definition) is 0. The Balaban J connectivity index is 2.97. The number of methoxy groups -OCH3 is 1. The van der Waals surface area contributed by atoms with Gasteiger partial charge in [0.2, 0.25) is 0 Å². The van der Waals surface area contributed by atoms with E-state index in [4.69, 9.17) is 0 Å². The smallest absolute Gasteiger partial charge is 0.349 e. The van der Waals surface area contributed by atoms with E-state index < -0.39 is 0 Å². The Labute approximate surface area is 102 Å². The Morgan fingerprint density at radius 3 is 2.80 bits per heavy atom. The highest BCUT2D eigenvalue weighted by molar-refractivity contribution is 9.10. The van der Waals surface area contributed by atoms with Crippen LogP contribution in [0.2, 0.25) is 0 Å². The fraction of sp³-hybridized carbons (Fsp3) is 0.364. The lowest BCUT2D eigenvalue weighted by molar-refractivity contribution is 0.0605. The van der Waals surface area contributed by atoms with Gasteiger partial charge < -0.3 is 4.74 Å². The first-order valence-electron chi connectivity index (χ1n) is 4.43. The molecule has 0 aliphatic heterocycles. The first-order chi connectivity index (χ1) is 7.04. The van der Waals surface area contributed by atoms with Crippen molar-refractivity contribution in [2.24, 2.45) is 5.92 Å². The van der Waals surface area contributed by atoms with Gasteiger partial charge in [0.15, 0.2) is 0 Å². The van der Waals surface area contributed by atoms with Gasteiger partial charge in [-0.3, -0.25) is 0 Å². The van der Waals surface area contributed by atoms with E-state index in [1.165, 1.54) is 18.4 Å². The summed E-state index contributed by atoms with van der Waals surface area (Å²) in [6.45, 7) is 4.05. The van der Waals surface area contributed by atoms with Crippen molar-refractivity contribution in [3.8, 4) is 11.8 Å². The Hall–Kier alpha value is -0.790. The monoisotopic (exact) mass is 286 g/mol. The molecule has 0 N–H and O–H groups in total. The average Bonchev–Trinajstić information content (AvgIpc) is 2.55. The SMILES string of the molecule is COC(=O)c1sc(C#CC(C)C)cc1Br. The van der Waals surface area contributed by atoms with Crippen LogP contribution in [0.25, 0.3) is 0 Å². The van der Waals surface area contributed by atoms with Crippen LogP contribution in [0.4, 0.5) is 0 Å². The van der Waals surface area contributed by atoms with Crippen LogP contribution in [0.15, 0.2) is 10.5 Å². The summed E-state index contributed by atoms with van der Waals surface area (Å²) in [5, 5.41) is 0. The van der Waals surface area contributed by atoms with Crippen molar-refractivity contribution in [2.75, 3.05) is 7.11 Å². The molecule has 1 heterocycles. The van der Waals surface area contributed by atoms with Gasteiger partial charge in [0.1, 0.15) is 4.88 Å². The molecule has 0 fully saturated rings. The molecule has 15 heavy (non-hydrogen) atoms. The first kappa shape index (κ1) is 12.3. The van der Waals surface area contributed by atoms with E-state index >= 15 is 0 Å². The first-order valence-corrected chi connectivity index (χ1v) is 6.04. The lowest BCUT2D eigenvalue weighted by Gasteiger charge is -1.93. The maximum atomic E-state index is 11.3. The summed E-state index contributed by atoms with van der Waals surface area (Å²) < 4.78 is 5.39. The van der Waals surface area contributed by atoms with Gasteiger partial charge in [0.25, 0.3) is 0 Å². The predicted molar refractivity (Wildman–Crippen MR) is 65.1 cm³/mol. The zero-order valence-electron chi connectivity index (χ0n) is 8.76. The van der Waals surface area contributed by atoms with E-state index in [-0.39, 0.29) is 5.97 Å². The van der Waals surface area contributed by atoms with Crippen molar-refractivity contribution in [2.45, 2.75) is 13.8 Å². The van der Waals surface area contributed by atoms with Gasteiger partial charge in [-0.2, -0.15) is 0 Å². The highest BCUT2D eigenvalue weighted by Gasteiger charge is 2.13. The standard InChI is InChI=1S/C11H11BrO2S/c1-7(2)4-5-8-6-9(12)10(15-8)11(13)14-3/h6-7H,1-3H3. The molecule has 1 aromatic rings. The molecule has 0 unspecified atom stereocenters. The molecule has 0 saturated heterocycles. The third-order valence-corrected chi connectivity index (χ3v) is 3.46. The van der Waals surface area contributed by atoms with E-state index in [0.717, 1.165) is 9.35 Å². The maximum Gasteiger partial charge on any atom is 0.349 e. The number of rotatable bonds is 1. The average molecular weight is 287 g/mol. The number of halogens is 1. The Bertz CT molecular complexity index is 424. The zero-order valence-corrected chi connectivity index (χ0v) is 11.2. The van der Waals surface area contributed by atoms with Crippen LogP contribution in [-0.4, -0.2) is 13.1 Å². The van der Waals surface area contributed by atoms with Crippen LogP contribution in [0.1, 0.15) is 28.4 Å². The van der Waals surface area contributed by atoms with Gasteiger partial charge >= 0.3 is 5.97 Å². The van der Waals surface area contributed by atoms with Gasteiger partial charge in [0.05, 0.1) is 12.0 Å². The molecule has 0 saturated carbocycles. The number of carbonyl (C=O) groups is 1. The molecule has 1 aromatic heterocycles. The Morgan fingerprint density at radius 1 is 1.60 bits per heavy atom. The lowest BCUT2D eigenvalue weighted by atomic mass is 10.2. The molecule has 80 valence electrons. The minimum Gasteiger partial charge on any atom is -0.465 e. The van der Waals surface area contributed by atoms with E-state index in [1.54, 1.807) is 0 Å². The molecule has 2 nitrogen and oxygen atoms in total. The molecule has 0 aromatic carbocycles. The second kappa shape index (κ2) is 5.34. The van der Waals surface area contributed by atoms with Crippen molar-refractivity contribution < 1.29 is 9.53 Å². The van der Waals surface area contributed by atoms with E-state index in [9.17, 15) is 4.79 Å². The summed E-state index contributed by atoms with van der Waals surface area (Å²) in [6.07, 6.45) is 0. The summed E-state index contributed by atoms with van der Waals surface area (Å²) in [5.41, 5.74) is 0. The summed E-state index contributed by atoms with van der Waals surface area (Å²) in [7, 11) is 1.37. The second-order valence-electron chi connectivity index (χ2n) is 3.20. The molecule has 0 radical (unpaired) electrons. The predicted octanol–water partition coefficient (Wildman–Crippen LogP) is 3.30. The highest BCUT2D eigenvalue weighted by atomic mass is 79.9.